The first-order valence-electron chi connectivity index (χ1n) is 16.9. The van der Waals surface area contributed by atoms with Gasteiger partial charge in [0, 0.05) is 31.3 Å². The van der Waals surface area contributed by atoms with Crippen molar-refractivity contribution in [3.8, 4) is 0 Å². The number of H-pyrrole nitrogens is 1. The van der Waals surface area contributed by atoms with Gasteiger partial charge in [0.15, 0.2) is 12.4 Å². The molecule has 1 rings (SSSR count). The zero-order chi connectivity index (χ0) is 34.8. The first kappa shape index (κ1) is 40.5. The molecule has 12 nitrogen and oxygen atoms in total. The number of aromatic amines is 1. The number of hydrogen-bond acceptors (Lipinski definition) is 6. The quantitative estimate of drug-likeness (QED) is 0.119. The maximum atomic E-state index is 13.6. The van der Waals surface area contributed by atoms with Gasteiger partial charge in [0.1, 0.15) is 18.1 Å². The first-order chi connectivity index (χ1) is 21.7. The fraction of sp³-hybridized carbons (Fsp3) is 0.706. The largest absolute Gasteiger partial charge is 0.355 e. The molecule has 46 heavy (non-hydrogen) atoms. The van der Waals surface area contributed by atoms with Crippen LogP contribution in [0.2, 0.25) is 0 Å². The molecule has 0 spiro atoms. The van der Waals surface area contributed by atoms with Gasteiger partial charge in [-0.1, -0.05) is 61.8 Å². The highest BCUT2D eigenvalue weighted by atomic mass is 16.2. The first-order valence-corrected chi connectivity index (χ1v) is 16.9. The molecule has 0 aromatic carbocycles. The van der Waals surface area contributed by atoms with Gasteiger partial charge in [-0.3, -0.25) is 24.0 Å². The molecule has 0 bridgehead atoms. The molecule has 1 aromatic heterocycles. The second kappa shape index (κ2) is 21.3. The lowest BCUT2D eigenvalue weighted by atomic mass is 10.0. The van der Waals surface area contributed by atoms with Gasteiger partial charge >= 0.3 is 0 Å². The maximum absolute atomic E-state index is 13.6. The van der Waals surface area contributed by atoms with Crippen LogP contribution in [0, 0.1) is 17.8 Å². The van der Waals surface area contributed by atoms with Crippen LogP contribution in [-0.2, 0) is 19.2 Å². The van der Waals surface area contributed by atoms with Crippen molar-refractivity contribution in [2.75, 3.05) is 13.1 Å². The third-order valence-corrected chi connectivity index (χ3v) is 7.56. The molecule has 0 saturated heterocycles. The summed E-state index contributed by atoms with van der Waals surface area (Å²) in [6, 6.07) is 0.146. The molecular weight excluding hydrogens is 586 g/mol. The highest BCUT2D eigenvalue weighted by Crippen LogP contribution is 2.10. The molecule has 0 fully saturated rings. The van der Waals surface area contributed by atoms with Crippen LogP contribution in [0.4, 0.5) is 0 Å². The average molecular weight is 647 g/mol. The van der Waals surface area contributed by atoms with Crippen molar-refractivity contribution in [3.63, 3.8) is 0 Å². The van der Waals surface area contributed by atoms with Crippen LogP contribution >= 0.6 is 0 Å². The summed E-state index contributed by atoms with van der Waals surface area (Å²) in [5.41, 5.74) is 0.426. The number of amides is 5. The summed E-state index contributed by atoms with van der Waals surface area (Å²) in [5.74, 6) is -1.29. The molecule has 1 aromatic rings. The van der Waals surface area contributed by atoms with Crippen molar-refractivity contribution in [3.05, 3.63) is 30.1 Å². The third kappa shape index (κ3) is 14.7. The molecule has 260 valence electrons. The van der Waals surface area contributed by atoms with E-state index in [0.717, 1.165) is 0 Å². The summed E-state index contributed by atoms with van der Waals surface area (Å²) in [5, 5.41) is 17.8. The summed E-state index contributed by atoms with van der Waals surface area (Å²) >= 11 is 0. The van der Waals surface area contributed by atoms with E-state index >= 15 is 0 Å². The number of likely N-dealkylation sites (N-methyl/N-ethyl adjacent to an activating group) is 1. The Hall–Kier alpha value is -3.54. The fourth-order valence-electron chi connectivity index (χ4n) is 5.16. The van der Waals surface area contributed by atoms with Crippen LogP contribution < -0.4 is 36.9 Å². The number of aromatic nitrogens is 1. The van der Waals surface area contributed by atoms with Crippen LogP contribution in [0.3, 0.4) is 0 Å². The predicted molar refractivity (Wildman–Crippen MR) is 179 cm³/mol. The van der Waals surface area contributed by atoms with Gasteiger partial charge in [-0.25, -0.2) is 4.98 Å². The number of carbonyl (C=O) groups is 5. The molecule has 12 heteroatoms. The summed E-state index contributed by atoms with van der Waals surface area (Å²) in [6.45, 7) is 18.3. The highest BCUT2D eigenvalue weighted by molar-refractivity contribution is 5.98. The molecule has 0 saturated carbocycles. The highest BCUT2D eigenvalue weighted by Gasteiger charge is 2.30. The van der Waals surface area contributed by atoms with Crippen molar-refractivity contribution >= 4 is 29.5 Å². The second-order valence-electron chi connectivity index (χ2n) is 13.1. The van der Waals surface area contributed by atoms with E-state index in [1.165, 1.54) is 0 Å². The van der Waals surface area contributed by atoms with Crippen molar-refractivity contribution in [2.24, 2.45) is 17.8 Å². The van der Waals surface area contributed by atoms with Gasteiger partial charge in [0.05, 0.1) is 11.6 Å². The minimum absolute atomic E-state index is 0.0860. The Kier molecular flexibility index (Phi) is 18.7. The van der Waals surface area contributed by atoms with Crippen molar-refractivity contribution in [1.29, 1.82) is 0 Å². The SMILES string of the molecule is CCC[C@H](NC(=O)[C@H](CC(C)C)NC(=O)c1cc[nH+]cc1)C(=O)NC(CN[C@@H](CC)C(=O)NC(C(=O)NCC)C(C)C)CC(C)C. The lowest BCUT2D eigenvalue weighted by Gasteiger charge is -2.28. The Morgan fingerprint density at radius 1 is 0.696 bits per heavy atom. The molecule has 0 radical (unpaired) electrons. The summed E-state index contributed by atoms with van der Waals surface area (Å²) in [4.78, 5) is 68.4. The van der Waals surface area contributed by atoms with Crippen LogP contribution in [0.1, 0.15) is 105 Å². The Morgan fingerprint density at radius 3 is 1.80 bits per heavy atom. The van der Waals surface area contributed by atoms with E-state index in [4.69, 9.17) is 0 Å². The number of nitrogens with one attached hydrogen (secondary N) is 7. The van der Waals surface area contributed by atoms with E-state index in [9.17, 15) is 24.0 Å². The summed E-state index contributed by atoms with van der Waals surface area (Å²) in [6.07, 6.45) is 5.92. The standard InChI is InChI=1S/C34H59N7O5/c1-10-13-27(39-33(45)28(19-22(6)7)40-30(42)24-14-16-35-17-15-24)32(44)38-25(18-21(4)5)20-37-26(11-2)31(43)41-29(23(8)9)34(46)36-12-3/h14-17,21-23,25-29,37H,10-13,18-20H2,1-9H3,(H,36,46)(H,38,44)(H,39,45)(H,40,42)(H,41,43)/p+1/t25?,26-,27-,28-,29?/m0/s1. The average Bonchev–Trinajstić information content (AvgIpc) is 2.99. The Balaban J connectivity index is 3.00. The maximum Gasteiger partial charge on any atom is 0.252 e. The molecule has 7 N–H and O–H groups in total. The van der Waals surface area contributed by atoms with Gasteiger partial charge in [0.25, 0.3) is 5.91 Å². The molecular formula is C34H60N7O5+. The number of hydrogen-bond donors (Lipinski definition) is 6. The molecule has 0 aliphatic carbocycles. The zero-order valence-corrected chi connectivity index (χ0v) is 29.4. The number of pyridine rings is 1. The smallest absolute Gasteiger partial charge is 0.252 e. The van der Waals surface area contributed by atoms with Gasteiger partial charge in [-0.2, -0.15) is 0 Å². The van der Waals surface area contributed by atoms with Crippen LogP contribution in [-0.4, -0.2) is 72.8 Å². The van der Waals surface area contributed by atoms with Gasteiger partial charge in [0.2, 0.25) is 23.6 Å². The normalized spacial score (nSPS) is 14.6. The summed E-state index contributed by atoms with van der Waals surface area (Å²) in [7, 11) is 0. The predicted octanol–water partition coefficient (Wildman–Crippen LogP) is 2.11. The Labute approximate surface area is 275 Å². The Morgan fingerprint density at radius 2 is 1.28 bits per heavy atom. The van der Waals surface area contributed by atoms with E-state index in [2.05, 4.69) is 50.7 Å². The molecule has 0 aliphatic heterocycles. The van der Waals surface area contributed by atoms with Crippen molar-refractivity contribution < 1.29 is 29.0 Å². The number of carbonyl (C=O) groups excluding carboxylic acids is 5. The minimum atomic E-state index is -0.810. The van der Waals surface area contributed by atoms with Crippen LogP contribution in [0.25, 0.3) is 0 Å². The van der Waals surface area contributed by atoms with Crippen molar-refractivity contribution in [2.45, 2.75) is 125 Å². The lowest BCUT2D eigenvalue weighted by molar-refractivity contribution is -0.378. The summed E-state index contributed by atoms with van der Waals surface area (Å²) < 4.78 is 0. The van der Waals surface area contributed by atoms with E-state index in [-0.39, 0.29) is 47.4 Å². The Bertz CT molecular complexity index is 1100. The molecule has 1 heterocycles. The van der Waals surface area contributed by atoms with Gasteiger partial charge < -0.3 is 31.9 Å². The number of rotatable bonds is 21. The second-order valence-corrected chi connectivity index (χ2v) is 13.1. The van der Waals surface area contributed by atoms with E-state index in [1.807, 2.05) is 48.5 Å². The molecule has 5 amide bonds. The van der Waals surface area contributed by atoms with E-state index in [0.29, 0.717) is 50.8 Å². The van der Waals surface area contributed by atoms with Gasteiger partial charge in [-0.05, 0) is 50.4 Å². The fourth-order valence-corrected chi connectivity index (χ4v) is 5.16. The monoisotopic (exact) mass is 646 g/mol. The van der Waals surface area contributed by atoms with Crippen molar-refractivity contribution in [1.82, 2.24) is 31.9 Å². The van der Waals surface area contributed by atoms with Crippen LogP contribution in [0.15, 0.2) is 24.5 Å². The molecule has 2 unspecified atom stereocenters. The van der Waals surface area contributed by atoms with Crippen LogP contribution in [0.5, 0.6) is 0 Å². The minimum Gasteiger partial charge on any atom is -0.355 e. The topological polar surface area (TPSA) is 172 Å². The zero-order valence-electron chi connectivity index (χ0n) is 29.4. The molecule has 0 aliphatic rings. The van der Waals surface area contributed by atoms with Gasteiger partial charge in [-0.15, -0.1) is 0 Å². The third-order valence-electron chi connectivity index (χ3n) is 7.56. The molecule has 5 atom stereocenters. The van der Waals surface area contributed by atoms with E-state index < -0.39 is 30.1 Å². The van der Waals surface area contributed by atoms with E-state index in [1.54, 1.807) is 24.5 Å². The lowest BCUT2D eigenvalue weighted by Crippen LogP contribution is -2.58.